The van der Waals surface area contributed by atoms with E-state index < -0.39 is 0 Å². The number of hydrogen-bond donors (Lipinski definition) is 0. The molecule has 0 N–H and O–H groups in total. The molecule has 25 heavy (non-hydrogen) atoms. The summed E-state index contributed by atoms with van der Waals surface area (Å²) < 4.78 is 23.1. The van der Waals surface area contributed by atoms with Crippen LogP contribution in [0, 0.1) is 5.92 Å². The smallest absolute Gasteiger partial charge is 0.466 e. The van der Waals surface area contributed by atoms with Gasteiger partial charge in [-0.15, -0.1) is 0 Å². The summed E-state index contributed by atoms with van der Waals surface area (Å²) in [5.41, 5.74) is 1.23. The highest BCUT2D eigenvalue weighted by Gasteiger charge is 2.51. The van der Waals surface area contributed by atoms with Gasteiger partial charge in [0, 0.05) is 6.61 Å². The van der Waals surface area contributed by atoms with Crippen molar-refractivity contribution in [3.8, 4) is 0 Å². The van der Waals surface area contributed by atoms with Crippen LogP contribution in [0.25, 0.3) is 0 Å². The van der Waals surface area contributed by atoms with Gasteiger partial charge in [0.2, 0.25) is 0 Å². The summed E-state index contributed by atoms with van der Waals surface area (Å²) in [4.78, 5) is 12.1. The third kappa shape index (κ3) is 3.48. The Kier molecular flexibility index (Phi) is 4.97. The Hall–Kier alpha value is -1.37. The average molecular weight is 346 g/mol. The first-order valence-corrected chi connectivity index (χ1v) is 8.99. The number of esters is 1. The molecule has 0 amide bonds. The van der Waals surface area contributed by atoms with E-state index in [9.17, 15) is 4.79 Å². The number of carbonyl (C=O) groups is 1. The summed E-state index contributed by atoms with van der Waals surface area (Å²) in [5.74, 6) is -0.414. The second kappa shape index (κ2) is 6.74. The molecule has 6 heteroatoms. The molecule has 5 nitrogen and oxygen atoms in total. The molecule has 136 valence electrons. The minimum Gasteiger partial charge on any atom is -0.466 e. The molecule has 1 aromatic carbocycles. The first-order chi connectivity index (χ1) is 11.7. The molecule has 0 aliphatic carbocycles. The maximum absolute atomic E-state index is 12.1. The monoisotopic (exact) mass is 346 g/mol. The number of carbonyl (C=O) groups excluding carboxylic acids is 1. The van der Waals surface area contributed by atoms with E-state index in [4.69, 9.17) is 18.8 Å². The third-order valence-corrected chi connectivity index (χ3v) is 5.47. The van der Waals surface area contributed by atoms with E-state index in [1.807, 2.05) is 58.9 Å². The third-order valence-electron chi connectivity index (χ3n) is 5.47. The zero-order valence-corrected chi connectivity index (χ0v) is 15.7. The van der Waals surface area contributed by atoms with Crippen LogP contribution in [0.15, 0.2) is 24.3 Å². The van der Waals surface area contributed by atoms with Crippen LogP contribution in [0.3, 0.4) is 0 Å². The van der Waals surface area contributed by atoms with Crippen molar-refractivity contribution in [3.63, 3.8) is 0 Å². The van der Waals surface area contributed by atoms with Crippen molar-refractivity contribution in [2.45, 2.75) is 58.3 Å². The normalized spacial score (nSPS) is 27.5. The van der Waals surface area contributed by atoms with Crippen LogP contribution in [-0.2, 0) is 23.6 Å². The Morgan fingerprint density at radius 3 is 2.32 bits per heavy atom. The molecule has 0 radical (unpaired) electrons. The molecule has 2 aliphatic heterocycles. The van der Waals surface area contributed by atoms with Gasteiger partial charge in [-0.2, -0.15) is 0 Å². The number of benzene rings is 1. The number of ether oxygens (including phenoxy) is 2. The molecule has 0 saturated carbocycles. The quantitative estimate of drug-likeness (QED) is 0.620. The predicted molar refractivity (Wildman–Crippen MR) is 95.6 cm³/mol. The number of rotatable bonds is 4. The van der Waals surface area contributed by atoms with Crippen LogP contribution in [0.4, 0.5) is 0 Å². The van der Waals surface area contributed by atoms with Crippen molar-refractivity contribution in [3.05, 3.63) is 29.8 Å². The van der Waals surface area contributed by atoms with Gasteiger partial charge in [0.05, 0.1) is 29.8 Å². The van der Waals surface area contributed by atoms with Crippen LogP contribution < -0.4 is 5.46 Å². The Balaban J connectivity index is 1.74. The van der Waals surface area contributed by atoms with Gasteiger partial charge < -0.3 is 18.8 Å². The summed E-state index contributed by atoms with van der Waals surface area (Å²) in [7, 11) is -0.385. The lowest BCUT2D eigenvalue weighted by atomic mass is 9.78. The van der Waals surface area contributed by atoms with Gasteiger partial charge in [0.15, 0.2) is 0 Å². The Morgan fingerprint density at radius 1 is 1.16 bits per heavy atom. The zero-order valence-electron chi connectivity index (χ0n) is 15.7. The molecule has 2 heterocycles. The van der Waals surface area contributed by atoms with Gasteiger partial charge in [0.25, 0.3) is 0 Å². The molecular weight excluding hydrogens is 319 g/mol. The molecule has 0 spiro atoms. The molecule has 3 rings (SSSR count). The fourth-order valence-corrected chi connectivity index (χ4v) is 3.23. The first-order valence-electron chi connectivity index (χ1n) is 8.99. The molecular formula is C19H27BO5. The molecule has 0 bridgehead atoms. The van der Waals surface area contributed by atoms with Crippen LogP contribution >= 0.6 is 0 Å². The SMILES string of the molecule is CCOC(=O)[C@H]1CCO[C@@H]1c1ccc(B2OC(C)(C)C(C)(C)O2)cc1. The molecule has 0 unspecified atom stereocenters. The van der Waals surface area contributed by atoms with Crippen LogP contribution in [0.5, 0.6) is 0 Å². The zero-order chi connectivity index (χ0) is 18.2. The van der Waals surface area contributed by atoms with Crippen LogP contribution in [0.2, 0.25) is 0 Å². The minimum atomic E-state index is -0.385. The van der Waals surface area contributed by atoms with E-state index >= 15 is 0 Å². The standard InChI is InChI=1S/C19H27BO5/c1-6-22-17(21)15-11-12-23-16(15)13-7-9-14(10-8-13)20-24-18(2,3)19(4,5)25-20/h7-10,15-16H,6,11-12H2,1-5H3/t15-,16+/m0/s1. The Morgan fingerprint density at radius 2 is 1.76 bits per heavy atom. The fraction of sp³-hybridized carbons (Fsp3) is 0.632. The summed E-state index contributed by atoms with van der Waals surface area (Å²) in [6.07, 6.45) is 0.453. The largest absolute Gasteiger partial charge is 0.494 e. The first kappa shape index (κ1) is 18.4. The molecule has 2 atom stereocenters. The Bertz CT molecular complexity index is 609. The lowest BCUT2D eigenvalue weighted by molar-refractivity contribution is -0.150. The van der Waals surface area contributed by atoms with Crippen molar-refractivity contribution in [1.29, 1.82) is 0 Å². The summed E-state index contributed by atoms with van der Waals surface area (Å²) in [6.45, 7) is 10.9. The molecule has 2 fully saturated rings. The van der Waals surface area contributed by atoms with Crippen LogP contribution in [-0.4, -0.2) is 37.5 Å². The molecule has 2 saturated heterocycles. The van der Waals surface area contributed by atoms with E-state index in [1.165, 1.54) is 0 Å². The van der Waals surface area contributed by atoms with Gasteiger partial charge in [-0.1, -0.05) is 24.3 Å². The van der Waals surface area contributed by atoms with Crippen molar-refractivity contribution < 1.29 is 23.6 Å². The van der Waals surface area contributed by atoms with Gasteiger partial charge in [-0.05, 0) is 52.1 Å². The summed E-state index contributed by atoms with van der Waals surface area (Å²) >= 11 is 0. The van der Waals surface area contributed by atoms with E-state index in [0.29, 0.717) is 19.6 Å². The van der Waals surface area contributed by atoms with Crippen molar-refractivity contribution in [2.75, 3.05) is 13.2 Å². The van der Waals surface area contributed by atoms with Crippen molar-refractivity contribution >= 4 is 18.6 Å². The van der Waals surface area contributed by atoms with Crippen LogP contribution in [0.1, 0.15) is 52.7 Å². The maximum atomic E-state index is 12.1. The lowest BCUT2D eigenvalue weighted by Gasteiger charge is -2.32. The highest BCUT2D eigenvalue weighted by molar-refractivity contribution is 6.62. The van der Waals surface area contributed by atoms with Crippen molar-refractivity contribution in [1.82, 2.24) is 0 Å². The maximum Gasteiger partial charge on any atom is 0.494 e. The molecule has 1 aromatic rings. The molecule has 2 aliphatic rings. The fourth-order valence-electron chi connectivity index (χ4n) is 3.23. The van der Waals surface area contributed by atoms with Gasteiger partial charge in [-0.3, -0.25) is 4.79 Å². The van der Waals surface area contributed by atoms with E-state index in [1.54, 1.807) is 0 Å². The topological polar surface area (TPSA) is 54.0 Å². The molecule has 0 aromatic heterocycles. The van der Waals surface area contributed by atoms with Gasteiger partial charge in [0.1, 0.15) is 0 Å². The number of hydrogen-bond acceptors (Lipinski definition) is 5. The highest BCUT2D eigenvalue weighted by Crippen LogP contribution is 2.37. The van der Waals surface area contributed by atoms with E-state index in [-0.39, 0.29) is 36.3 Å². The highest BCUT2D eigenvalue weighted by atomic mass is 16.7. The predicted octanol–water partition coefficient (Wildman–Crippen LogP) is 2.63. The minimum absolute atomic E-state index is 0.181. The van der Waals surface area contributed by atoms with E-state index in [0.717, 1.165) is 11.0 Å². The van der Waals surface area contributed by atoms with E-state index in [2.05, 4.69) is 0 Å². The second-order valence-electron chi connectivity index (χ2n) is 7.69. The van der Waals surface area contributed by atoms with Crippen molar-refractivity contribution in [2.24, 2.45) is 5.92 Å². The Labute approximate surface area is 150 Å². The summed E-state index contributed by atoms with van der Waals surface area (Å²) in [5, 5.41) is 0. The van der Waals surface area contributed by atoms with Gasteiger partial charge in [-0.25, -0.2) is 0 Å². The lowest BCUT2D eigenvalue weighted by Crippen LogP contribution is -2.41. The van der Waals surface area contributed by atoms with Gasteiger partial charge >= 0.3 is 13.1 Å². The second-order valence-corrected chi connectivity index (χ2v) is 7.69. The average Bonchev–Trinajstić information content (AvgIpc) is 3.11. The summed E-state index contributed by atoms with van der Waals surface area (Å²) in [6, 6.07) is 7.95.